The Morgan fingerprint density at radius 3 is 2.50 bits per heavy atom. The fourth-order valence-corrected chi connectivity index (χ4v) is 3.95. The second-order valence-electron chi connectivity index (χ2n) is 5.14. The summed E-state index contributed by atoms with van der Waals surface area (Å²) in [6, 6.07) is 0.152. The second kappa shape index (κ2) is 5.07. The molecule has 0 spiro atoms. The van der Waals surface area contributed by atoms with Crippen molar-refractivity contribution in [2.75, 3.05) is 0 Å². The lowest BCUT2D eigenvalue weighted by Crippen LogP contribution is -2.25. The van der Waals surface area contributed by atoms with Crippen LogP contribution < -0.4 is 5.73 Å². The number of nitrogens with two attached hydrogens (primary N) is 1. The molecule has 1 fully saturated rings. The van der Waals surface area contributed by atoms with Gasteiger partial charge in [0.2, 0.25) is 0 Å². The first-order chi connectivity index (χ1) is 7.59. The third kappa shape index (κ3) is 2.44. The van der Waals surface area contributed by atoms with Crippen molar-refractivity contribution in [1.29, 1.82) is 0 Å². The van der Waals surface area contributed by atoms with Gasteiger partial charge in [-0.1, -0.05) is 31.4 Å². The maximum atomic E-state index is 6.36. The summed E-state index contributed by atoms with van der Waals surface area (Å²) in [5.74, 6) is 1.51. The molecule has 1 aliphatic carbocycles. The van der Waals surface area contributed by atoms with Gasteiger partial charge >= 0.3 is 0 Å². The Morgan fingerprint density at radius 2 is 2.00 bits per heavy atom. The Kier molecular flexibility index (Phi) is 3.93. The molecule has 0 bridgehead atoms. The van der Waals surface area contributed by atoms with E-state index in [-0.39, 0.29) is 6.04 Å². The van der Waals surface area contributed by atoms with Crippen LogP contribution in [0.3, 0.4) is 0 Å². The van der Waals surface area contributed by atoms with Crippen LogP contribution >= 0.6 is 22.9 Å². The van der Waals surface area contributed by atoms with Gasteiger partial charge in [0, 0.05) is 10.9 Å². The third-order valence-corrected chi connectivity index (χ3v) is 5.61. The summed E-state index contributed by atoms with van der Waals surface area (Å²) >= 11 is 8.00. The molecule has 0 aromatic carbocycles. The van der Waals surface area contributed by atoms with Crippen molar-refractivity contribution in [3.8, 4) is 0 Å². The lowest BCUT2D eigenvalue weighted by Gasteiger charge is -2.30. The molecule has 3 heteroatoms. The third-order valence-electron chi connectivity index (χ3n) is 3.80. The van der Waals surface area contributed by atoms with E-state index >= 15 is 0 Å². The van der Waals surface area contributed by atoms with Gasteiger partial charge < -0.3 is 5.73 Å². The molecule has 2 N–H and O–H groups in total. The topological polar surface area (TPSA) is 26.0 Å². The van der Waals surface area contributed by atoms with Gasteiger partial charge in [0.05, 0.1) is 5.02 Å². The minimum Gasteiger partial charge on any atom is -0.323 e. The zero-order valence-electron chi connectivity index (χ0n) is 10.0. The molecule has 1 saturated carbocycles. The lowest BCUT2D eigenvalue weighted by atomic mass is 9.79. The summed E-state index contributed by atoms with van der Waals surface area (Å²) < 4.78 is 0. The molecule has 1 aromatic rings. The molecule has 1 atom stereocenters. The van der Waals surface area contributed by atoms with Crippen LogP contribution in [-0.4, -0.2) is 0 Å². The molecule has 1 aromatic heterocycles. The van der Waals surface area contributed by atoms with E-state index < -0.39 is 0 Å². The highest BCUT2D eigenvalue weighted by Crippen LogP contribution is 2.40. The molecule has 90 valence electrons. The summed E-state index contributed by atoms with van der Waals surface area (Å²) in [5.41, 5.74) is 7.52. The van der Waals surface area contributed by atoms with Crippen LogP contribution in [0.15, 0.2) is 5.38 Å². The molecular weight excluding hydrogens is 238 g/mol. The van der Waals surface area contributed by atoms with Crippen LogP contribution in [0.5, 0.6) is 0 Å². The van der Waals surface area contributed by atoms with Crippen LogP contribution in [0.2, 0.25) is 5.02 Å². The minimum absolute atomic E-state index is 0.152. The molecular formula is C13H20ClNS. The summed E-state index contributed by atoms with van der Waals surface area (Å²) in [6.45, 7) is 4.39. The van der Waals surface area contributed by atoms with Crippen molar-refractivity contribution in [3.05, 3.63) is 20.8 Å². The Bertz CT molecular complexity index is 353. The van der Waals surface area contributed by atoms with Crippen molar-refractivity contribution < 1.29 is 0 Å². The average Bonchev–Trinajstić information content (AvgIpc) is 2.60. The molecule has 0 saturated heterocycles. The molecule has 0 aliphatic heterocycles. The van der Waals surface area contributed by atoms with Crippen LogP contribution in [-0.2, 0) is 0 Å². The summed E-state index contributed by atoms with van der Waals surface area (Å²) in [5, 5.41) is 3.01. The van der Waals surface area contributed by atoms with Crippen LogP contribution in [0.25, 0.3) is 0 Å². The van der Waals surface area contributed by atoms with Crippen LogP contribution in [0, 0.1) is 18.8 Å². The molecule has 1 unspecified atom stereocenters. The van der Waals surface area contributed by atoms with Gasteiger partial charge in [-0.2, -0.15) is 0 Å². The Balaban J connectivity index is 2.07. The number of hydrogen-bond acceptors (Lipinski definition) is 2. The summed E-state index contributed by atoms with van der Waals surface area (Å²) in [7, 11) is 0. The Morgan fingerprint density at radius 1 is 1.38 bits per heavy atom. The fourth-order valence-electron chi connectivity index (χ4n) is 2.53. The van der Waals surface area contributed by atoms with E-state index in [0.29, 0.717) is 5.92 Å². The molecule has 2 rings (SSSR count). The van der Waals surface area contributed by atoms with Gasteiger partial charge in [-0.15, -0.1) is 11.3 Å². The van der Waals surface area contributed by atoms with Gasteiger partial charge in [0.25, 0.3) is 0 Å². The first-order valence-corrected chi connectivity index (χ1v) is 7.34. The molecule has 1 heterocycles. The van der Waals surface area contributed by atoms with Crippen LogP contribution in [0.1, 0.15) is 49.1 Å². The predicted molar refractivity (Wildman–Crippen MR) is 72.1 cm³/mol. The number of aryl methyl sites for hydroxylation is 1. The van der Waals surface area contributed by atoms with Crippen molar-refractivity contribution in [1.82, 2.24) is 0 Å². The van der Waals surface area contributed by atoms with Gasteiger partial charge in [-0.3, -0.25) is 0 Å². The Labute approximate surface area is 107 Å². The highest BCUT2D eigenvalue weighted by Gasteiger charge is 2.27. The van der Waals surface area contributed by atoms with Gasteiger partial charge in [0.15, 0.2) is 0 Å². The van der Waals surface area contributed by atoms with Gasteiger partial charge in [-0.05, 0) is 42.5 Å². The van der Waals surface area contributed by atoms with Crippen molar-refractivity contribution >= 4 is 22.9 Å². The average molecular weight is 258 g/mol. The van der Waals surface area contributed by atoms with Crippen molar-refractivity contribution in [2.24, 2.45) is 17.6 Å². The van der Waals surface area contributed by atoms with E-state index in [1.54, 1.807) is 11.3 Å². The lowest BCUT2D eigenvalue weighted by molar-refractivity contribution is 0.258. The minimum atomic E-state index is 0.152. The van der Waals surface area contributed by atoms with Crippen molar-refractivity contribution in [3.63, 3.8) is 0 Å². The second-order valence-corrected chi connectivity index (χ2v) is 6.43. The van der Waals surface area contributed by atoms with E-state index in [1.165, 1.54) is 36.1 Å². The maximum Gasteiger partial charge on any atom is 0.0590 e. The van der Waals surface area contributed by atoms with E-state index in [0.717, 1.165) is 10.9 Å². The van der Waals surface area contributed by atoms with E-state index in [9.17, 15) is 0 Å². The first kappa shape index (κ1) is 12.4. The normalized spacial score (nSPS) is 28.0. The zero-order chi connectivity index (χ0) is 11.7. The van der Waals surface area contributed by atoms with Crippen LogP contribution in [0.4, 0.5) is 0 Å². The smallest absolute Gasteiger partial charge is 0.0590 e. The fraction of sp³-hybridized carbons (Fsp3) is 0.692. The molecule has 1 nitrogen and oxygen atoms in total. The SMILES string of the molecule is Cc1csc(C(N)C2CCC(C)CC2)c1Cl. The number of halogens is 1. The summed E-state index contributed by atoms with van der Waals surface area (Å²) in [4.78, 5) is 1.19. The number of rotatable bonds is 2. The zero-order valence-corrected chi connectivity index (χ0v) is 11.6. The largest absolute Gasteiger partial charge is 0.323 e. The first-order valence-electron chi connectivity index (χ1n) is 6.08. The molecule has 0 radical (unpaired) electrons. The predicted octanol–water partition coefficient (Wildman–Crippen LogP) is 4.54. The highest BCUT2D eigenvalue weighted by molar-refractivity contribution is 7.10. The molecule has 1 aliphatic rings. The summed E-state index contributed by atoms with van der Waals surface area (Å²) in [6.07, 6.45) is 5.16. The quantitative estimate of drug-likeness (QED) is 0.827. The molecule has 0 amide bonds. The number of hydrogen-bond donors (Lipinski definition) is 1. The van der Waals surface area contributed by atoms with E-state index in [2.05, 4.69) is 19.2 Å². The molecule has 16 heavy (non-hydrogen) atoms. The van der Waals surface area contributed by atoms with E-state index in [4.69, 9.17) is 17.3 Å². The number of thiophene rings is 1. The van der Waals surface area contributed by atoms with Crippen molar-refractivity contribution in [2.45, 2.75) is 45.6 Å². The Hall–Kier alpha value is -0.0500. The highest BCUT2D eigenvalue weighted by atomic mass is 35.5. The maximum absolute atomic E-state index is 6.36. The van der Waals surface area contributed by atoms with Gasteiger partial charge in [-0.25, -0.2) is 0 Å². The standard InChI is InChI=1S/C13H20ClNS/c1-8-3-5-10(6-4-8)12(15)13-11(14)9(2)7-16-13/h7-8,10,12H,3-6,15H2,1-2H3. The monoisotopic (exact) mass is 257 g/mol. The van der Waals surface area contributed by atoms with E-state index in [1.807, 2.05) is 0 Å². The van der Waals surface area contributed by atoms with Gasteiger partial charge in [0.1, 0.15) is 0 Å².